The van der Waals surface area contributed by atoms with Crippen molar-refractivity contribution in [2.24, 2.45) is 0 Å². The van der Waals surface area contributed by atoms with Gasteiger partial charge in [-0.1, -0.05) is 72.8 Å². The van der Waals surface area contributed by atoms with Crippen LogP contribution < -0.4 is 0 Å². The van der Waals surface area contributed by atoms with E-state index in [1.165, 1.54) is 28.1 Å². The summed E-state index contributed by atoms with van der Waals surface area (Å²) in [6, 6.07) is 33.8. The highest BCUT2D eigenvalue weighted by atomic mass is 32.2. The smallest absolute Gasteiger partial charge is 0.156 e. The molecule has 0 saturated carbocycles. The number of nitrogens with zero attached hydrogens (tertiary/aromatic N) is 3. The van der Waals surface area contributed by atoms with Gasteiger partial charge in [-0.25, -0.2) is 4.98 Å². The lowest BCUT2D eigenvalue weighted by atomic mass is 10.0. The highest BCUT2D eigenvalue weighted by Crippen LogP contribution is 2.35. The van der Waals surface area contributed by atoms with Gasteiger partial charge in [0.25, 0.3) is 0 Å². The Morgan fingerprint density at radius 1 is 0.912 bits per heavy atom. The van der Waals surface area contributed by atoms with E-state index in [4.69, 9.17) is 0 Å². The maximum atomic E-state index is 9.89. The lowest BCUT2D eigenvalue weighted by Gasteiger charge is -2.09. The molecule has 5 heteroatoms. The van der Waals surface area contributed by atoms with Crippen LogP contribution >= 0.6 is 23.1 Å². The van der Waals surface area contributed by atoms with Crippen molar-refractivity contribution in [2.45, 2.75) is 10.9 Å². The van der Waals surface area contributed by atoms with Crippen LogP contribution in [0.15, 0.2) is 106 Å². The van der Waals surface area contributed by atoms with E-state index in [0.29, 0.717) is 4.91 Å². The molecule has 0 spiro atoms. The SMILES string of the molecule is N#C/C(=C\c1cn(Cc2cccc3ccccc23)c2ccccc12)Sc1nc2ccccc2s1. The Balaban J connectivity index is 1.39. The Morgan fingerprint density at radius 2 is 1.68 bits per heavy atom. The van der Waals surface area contributed by atoms with Gasteiger partial charge in [0.2, 0.25) is 0 Å². The average Bonchev–Trinajstić information content (AvgIpc) is 3.45. The number of para-hydroxylation sites is 2. The molecule has 0 aliphatic rings. The van der Waals surface area contributed by atoms with Gasteiger partial charge < -0.3 is 4.57 Å². The Morgan fingerprint density at radius 3 is 2.56 bits per heavy atom. The number of fused-ring (bicyclic) bond motifs is 3. The molecule has 0 aliphatic carbocycles. The number of hydrogen-bond acceptors (Lipinski definition) is 4. The molecule has 0 bridgehead atoms. The fourth-order valence-electron chi connectivity index (χ4n) is 4.35. The molecule has 2 aromatic heterocycles. The maximum absolute atomic E-state index is 9.89. The molecule has 0 fully saturated rings. The monoisotopic (exact) mass is 473 g/mol. The average molecular weight is 474 g/mol. The molecule has 162 valence electrons. The molecule has 6 aromatic rings. The maximum Gasteiger partial charge on any atom is 0.156 e. The van der Waals surface area contributed by atoms with E-state index in [0.717, 1.165) is 37.6 Å². The van der Waals surface area contributed by atoms with Gasteiger partial charge >= 0.3 is 0 Å². The van der Waals surface area contributed by atoms with Crippen molar-refractivity contribution >= 4 is 61.1 Å². The van der Waals surface area contributed by atoms with E-state index in [1.54, 1.807) is 11.3 Å². The zero-order valence-electron chi connectivity index (χ0n) is 18.2. The molecular weight excluding hydrogens is 454 g/mol. The number of aromatic nitrogens is 2. The van der Waals surface area contributed by atoms with Crippen molar-refractivity contribution in [3.05, 3.63) is 113 Å². The van der Waals surface area contributed by atoms with Crippen molar-refractivity contribution in [1.82, 2.24) is 9.55 Å². The largest absolute Gasteiger partial charge is 0.342 e. The zero-order chi connectivity index (χ0) is 22.9. The number of thiazole rings is 1. The van der Waals surface area contributed by atoms with Gasteiger partial charge in [0.05, 0.1) is 15.1 Å². The third-order valence-corrected chi connectivity index (χ3v) is 7.93. The molecule has 6 rings (SSSR count). The van der Waals surface area contributed by atoms with Crippen LogP contribution in [-0.4, -0.2) is 9.55 Å². The minimum Gasteiger partial charge on any atom is -0.342 e. The van der Waals surface area contributed by atoms with E-state index in [-0.39, 0.29) is 0 Å². The van der Waals surface area contributed by atoms with Crippen LogP contribution in [0, 0.1) is 11.3 Å². The minimum atomic E-state index is 0.632. The molecule has 0 radical (unpaired) electrons. The third kappa shape index (κ3) is 3.88. The predicted molar refractivity (Wildman–Crippen MR) is 144 cm³/mol. The second-order valence-electron chi connectivity index (χ2n) is 8.04. The van der Waals surface area contributed by atoms with E-state index in [9.17, 15) is 5.26 Å². The number of nitriles is 1. The summed E-state index contributed by atoms with van der Waals surface area (Å²) in [5, 5.41) is 13.5. The van der Waals surface area contributed by atoms with E-state index in [2.05, 4.69) is 94.6 Å². The van der Waals surface area contributed by atoms with Gasteiger partial charge in [0.15, 0.2) is 4.34 Å². The van der Waals surface area contributed by atoms with E-state index >= 15 is 0 Å². The standard InChI is InChI=1S/C29H19N3S2/c30-17-23(33-29-31-26-13-4-6-15-28(26)34-29)16-22-19-32(27-14-5-3-12-25(22)27)18-21-10-7-9-20-8-1-2-11-24(20)21/h1-16,19H,18H2/b23-16+. The molecule has 0 saturated heterocycles. The number of rotatable bonds is 5. The fraction of sp³-hybridized carbons (Fsp3) is 0.0345. The summed E-state index contributed by atoms with van der Waals surface area (Å²) < 4.78 is 4.29. The molecule has 0 N–H and O–H groups in total. The van der Waals surface area contributed by atoms with Crippen LogP contribution in [0.2, 0.25) is 0 Å². The van der Waals surface area contributed by atoms with Crippen molar-refractivity contribution in [3.8, 4) is 6.07 Å². The van der Waals surface area contributed by atoms with Crippen molar-refractivity contribution in [1.29, 1.82) is 5.26 Å². The predicted octanol–water partition coefficient (Wildman–Crippen LogP) is 8.11. The first kappa shape index (κ1) is 20.7. The van der Waals surface area contributed by atoms with Gasteiger partial charge in [0.1, 0.15) is 6.07 Å². The van der Waals surface area contributed by atoms with Crippen LogP contribution in [0.4, 0.5) is 0 Å². The van der Waals surface area contributed by atoms with Crippen molar-refractivity contribution in [3.63, 3.8) is 0 Å². The van der Waals surface area contributed by atoms with Crippen LogP contribution in [0.5, 0.6) is 0 Å². The number of allylic oxidation sites excluding steroid dienone is 1. The second kappa shape index (κ2) is 8.83. The topological polar surface area (TPSA) is 41.6 Å². The molecule has 0 aliphatic heterocycles. The number of thioether (sulfide) groups is 1. The van der Waals surface area contributed by atoms with Crippen LogP contribution in [0.3, 0.4) is 0 Å². The Hall–Kier alpha value is -3.85. The Labute approximate surface area is 205 Å². The first-order valence-corrected chi connectivity index (χ1v) is 12.6. The molecule has 34 heavy (non-hydrogen) atoms. The summed E-state index contributed by atoms with van der Waals surface area (Å²) in [5.41, 5.74) is 4.45. The summed E-state index contributed by atoms with van der Waals surface area (Å²) in [6.07, 6.45) is 4.14. The molecule has 0 unspecified atom stereocenters. The molecule has 4 aromatic carbocycles. The summed E-state index contributed by atoms with van der Waals surface area (Å²) in [6.45, 7) is 0.766. The van der Waals surface area contributed by atoms with Crippen molar-refractivity contribution in [2.75, 3.05) is 0 Å². The summed E-state index contributed by atoms with van der Waals surface area (Å²) >= 11 is 3.05. The van der Waals surface area contributed by atoms with E-state index in [1.807, 2.05) is 24.3 Å². The van der Waals surface area contributed by atoms with Gasteiger partial charge in [-0.05, 0) is 52.4 Å². The normalized spacial score (nSPS) is 11.9. The first-order valence-electron chi connectivity index (χ1n) is 11.0. The number of hydrogen-bond donors (Lipinski definition) is 0. The molecule has 2 heterocycles. The van der Waals surface area contributed by atoms with Crippen molar-refractivity contribution < 1.29 is 0 Å². The molecular formula is C29H19N3S2. The van der Waals surface area contributed by atoms with Gasteiger partial charge in [-0.2, -0.15) is 5.26 Å². The second-order valence-corrected chi connectivity index (χ2v) is 10.4. The summed E-state index contributed by atoms with van der Waals surface area (Å²) in [4.78, 5) is 5.31. The number of benzene rings is 4. The van der Waals surface area contributed by atoms with E-state index < -0.39 is 0 Å². The zero-order valence-corrected chi connectivity index (χ0v) is 19.8. The molecule has 3 nitrogen and oxygen atoms in total. The molecule has 0 atom stereocenters. The fourth-order valence-corrected chi connectivity index (χ4v) is 6.32. The summed E-state index contributed by atoms with van der Waals surface area (Å²) in [7, 11) is 0. The highest BCUT2D eigenvalue weighted by Gasteiger charge is 2.12. The first-order chi connectivity index (χ1) is 16.8. The lowest BCUT2D eigenvalue weighted by molar-refractivity contribution is 0.842. The quantitative estimate of drug-likeness (QED) is 0.188. The summed E-state index contributed by atoms with van der Waals surface area (Å²) in [5.74, 6) is 0. The lowest BCUT2D eigenvalue weighted by Crippen LogP contribution is -1.98. The van der Waals surface area contributed by atoms with Crippen LogP contribution in [0.1, 0.15) is 11.1 Å². The van der Waals surface area contributed by atoms with Gasteiger partial charge in [0, 0.05) is 29.2 Å². The Kier molecular flexibility index (Phi) is 5.38. The Bertz CT molecular complexity index is 1700. The van der Waals surface area contributed by atoms with Gasteiger partial charge in [-0.3, -0.25) is 0 Å². The van der Waals surface area contributed by atoms with Crippen LogP contribution in [0.25, 0.3) is 38.0 Å². The highest BCUT2D eigenvalue weighted by molar-refractivity contribution is 8.05. The molecule has 0 amide bonds. The third-order valence-electron chi connectivity index (χ3n) is 5.91. The van der Waals surface area contributed by atoms with Crippen LogP contribution in [-0.2, 0) is 6.54 Å². The minimum absolute atomic E-state index is 0.632. The van der Waals surface area contributed by atoms with Gasteiger partial charge in [-0.15, -0.1) is 11.3 Å².